The van der Waals surface area contributed by atoms with Gasteiger partial charge in [0.05, 0.1) is 4.92 Å². The molecule has 0 radical (unpaired) electrons. The number of non-ortho nitro benzene ring substituents is 1. The van der Waals surface area contributed by atoms with Gasteiger partial charge in [0.2, 0.25) is 0 Å². The largest absolute Gasteiger partial charge is 0.350 e. The first-order chi connectivity index (χ1) is 13.1. The Labute approximate surface area is 156 Å². The van der Waals surface area contributed by atoms with E-state index < -0.39 is 4.92 Å². The molecular formula is C21H21N3O3. The van der Waals surface area contributed by atoms with Crippen LogP contribution in [0, 0.1) is 10.1 Å². The molecule has 1 aromatic heterocycles. The number of H-pyrrole nitrogens is 1. The standard InChI is InChI=1S/C21H21N3O3/c25-21(22-15-9-5-2-6-10-15)20-19(14-7-3-1-4-8-14)17-13-16(24(26)27)11-12-18(17)23-20/h1,3-4,7-8,11-13,15,23H,2,5-6,9-10H2,(H,22,25). The van der Waals surface area contributed by atoms with Gasteiger partial charge >= 0.3 is 0 Å². The number of fused-ring (bicyclic) bond motifs is 1. The highest BCUT2D eigenvalue weighted by atomic mass is 16.6. The van der Waals surface area contributed by atoms with Crippen LogP contribution in [-0.4, -0.2) is 21.9 Å². The minimum Gasteiger partial charge on any atom is -0.350 e. The number of nitrogens with zero attached hydrogens (tertiary/aromatic N) is 1. The average Bonchev–Trinajstić information content (AvgIpc) is 3.08. The van der Waals surface area contributed by atoms with Crippen LogP contribution in [0.5, 0.6) is 0 Å². The molecule has 0 spiro atoms. The van der Waals surface area contributed by atoms with E-state index in [2.05, 4.69) is 10.3 Å². The number of nitrogens with one attached hydrogen (secondary N) is 2. The Kier molecular flexibility index (Phi) is 4.62. The van der Waals surface area contributed by atoms with Crippen molar-refractivity contribution in [3.8, 4) is 11.1 Å². The molecule has 2 aromatic carbocycles. The molecule has 4 rings (SSSR count). The van der Waals surface area contributed by atoms with E-state index in [1.807, 2.05) is 30.3 Å². The second-order valence-corrected chi connectivity index (χ2v) is 7.04. The Hall–Kier alpha value is -3.15. The summed E-state index contributed by atoms with van der Waals surface area (Å²) in [5.41, 5.74) is 2.76. The van der Waals surface area contributed by atoms with Crippen molar-refractivity contribution in [3.63, 3.8) is 0 Å². The Balaban J connectivity index is 1.81. The molecule has 0 unspecified atom stereocenters. The number of aromatic nitrogens is 1. The summed E-state index contributed by atoms with van der Waals surface area (Å²) in [6, 6.07) is 14.4. The molecule has 0 aliphatic heterocycles. The zero-order valence-electron chi connectivity index (χ0n) is 14.9. The molecule has 1 fully saturated rings. The summed E-state index contributed by atoms with van der Waals surface area (Å²) in [4.78, 5) is 27.0. The zero-order valence-corrected chi connectivity index (χ0v) is 14.9. The van der Waals surface area contributed by atoms with E-state index in [1.165, 1.54) is 18.6 Å². The lowest BCUT2D eigenvalue weighted by Gasteiger charge is -2.22. The van der Waals surface area contributed by atoms with Gasteiger partial charge in [0, 0.05) is 34.6 Å². The predicted octanol–water partition coefficient (Wildman–Crippen LogP) is 4.81. The maximum Gasteiger partial charge on any atom is 0.270 e. The predicted molar refractivity (Wildman–Crippen MR) is 105 cm³/mol. The number of rotatable bonds is 4. The van der Waals surface area contributed by atoms with Crippen LogP contribution in [0.1, 0.15) is 42.6 Å². The number of nitro groups is 1. The summed E-state index contributed by atoms with van der Waals surface area (Å²) in [7, 11) is 0. The van der Waals surface area contributed by atoms with Gasteiger partial charge in [0.25, 0.3) is 11.6 Å². The van der Waals surface area contributed by atoms with Gasteiger partial charge < -0.3 is 10.3 Å². The number of hydrogen-bond donors (Lipinski definition) is 2. The van der Waals surface area contributed by atoms with Crippen LogP contribution >= 0.6 is 0 Å². The fraction of sp³-hybridized carbons (Fsp3) is 0.286. The zero-order chi connectivity index (χ0) is 18.8. The summed E-state index contributed by atoms with van der Waals surface area (Å²) in [6.45, 7) is 0. The van der Waals surface area contributed by atoms with Crippen molar-refractivity contribution in [1.82, 2.24) is 10.3 Å². The minimum absolute atomic E-state index is 0.0120. The van der Waals surface area contributed by atoms with Crippen LogP contribution in [0.15, 0.2) is 48.5 Å². The molecule has 1 amide bonds. The van der Waals surface area contributed by atoms with E-state index in [1.54, 1.807) is 6.07 Å². The highest BCUT2D eigenvalue weighted by molar-refractivity contribution is 6.10. The molecule has 138 valence electrons. The third-order valence-corrected chi connectivity index (χ3v) is 5.22. The van der Waals surface area contributed by atoms with E-state index in [9.17, 15) is 14.9 Å². The van der Waals surface area contributed by atoms with Crippen LogP contribution in [0.3, 0.4) is 0 Å². The van der Waals surface area contributed by atoms with Crippen LogP contribution in [0.2, 0.25) is 0 Å². The molecule has 6 nitrogen and oxygen atoms in total. The van der Waals surface area contributed by atoms with Crippen LogP contribution in [0.4, 0.5) is 5.69 Å². The van der Waals surface area contributed by atoms with Gasteiger partial charge in [-0.15, -0.1) is 0 Å². The molecule has 2 N–H and O–H groups in total. The summed E-state index contributed by atoms with van der Waals surface area (Å²) in [6.07, 6.45) is 5.48. The minimum atomic E-state index is -0.414. The van der Waals surface area contributed by atoms with Gasteiger partial charge in [-0.2, -0.15) is 0 Å². The number of benzene rings is 2. The molecule has 27 heavy (non-hydrogen) atoms. The molecule has 6 heteroatoms. The van der Waals surface area contributed by atoms with Crippen molar-refractivity contribution >= 4 is 22.5 Å². The van der Waals surface area contributed by atoms with E-state index in [4.69, 9.17) is 0 Å². The second-order valence-electron chi connectivity index (χ2n) is 7.04. The quantitative estimate of drug-likeness (QED) is 0.515. The first-order valence-corrected chi connectivity index (χ1v) is 9.30. The van der Waals surface area contributed by atoms with Crippen LogP contribution in [0.25, 0.3) is 22.0 Å². The van der Waals surface area contributed by atoms with Crippen LogP contribution < -0.4 is 5.32 Å². The Morgan fingerprint density at radius 2 is 1.81 bits per heavy atom. The van der Waals surface area contributed by atoms with Gasteiger partial charge in [-0.1, -0.05) is 49.6 Å². The Morgan fingerprint density at radius 1 is 1.07 bits per heavy atom. The molecule has 3 aromatic rings. The van der Waals surface area contributed by atoms with Crippen LogP contribution in [-0.2, 0) is 0 Å². The average molecular weight is 363 g/mol. The first kappa shape index (κ1) is 17.3. The maximum absolute atomic E-state index is 13.0. The number of aromatic amines is 1. The van der Waals surface area contributed by atoms with E-state index in [0.29, 0.717) is 22.2 Å². The Bertz CT molecular complexity index is 989. The number of nitro benzene ring substituents is 1. The van der Waals surface area contributed by atoms with Gasteiger partial charge in [0.15, 0.2) is 0 Å². The normalized spacial score (nSPS) is 15.0. The number of carbonyl (C=O) groups is 1. The third-order valence-electron chi connectivity index (χ3n) is 5.22. The second kappa shape index (κ2) is 7.23. The van der Waals surface area contributed by atoms with Crippen molar-refractivity contribution in [2.75, 3.05) is 0 Å². The number of carbonyl (C=O) groups excluding carboxylic acids is 1. The smallest absolute Gasteiger partial charge is 0.270 e. The summed E-state index contributed by atoms with van der Waals surface area (Å²) < 4.78 is 0. The molecule has 1 aliphatic rings. The lowest BCUT2D eigenvalue weighted by Crippen LogP contribution is -2.36. The fourth-order valence-corrected chi connectivity index (χ4v) is 3.87. The third kappa shape index (κ3) is 3.43. The highest BCUT2D eigenvalue weighted by Crippen LogP contribution is 2.34. The van der Waals surface area contributed by atoms with E-state index in [0.717, 1.165) is 31.2 Å². The summed E-state index contributed by atoms with van der Waals surface area (Å²) >= 11 is 0. The molecule has 0 bridgehead atoms. The monoisotopic (exact) mass is 363 g/mol. The van der Waals surface area contributed by atoms with E-state index in [-0.39, 0.29) is 17.6 Å². The van der Waals surface area contributed by atoms with E-state index >= 15 is 0 Å². The van der Waals surface area contributed by atoms with Crippen molar-refractivity contribution in [2.45, 2.75) is 38.1 Å². The van der Waals surface area contributed by atoms with Gasteiger partial charge in [-0.3, -0.25) is 14.9 Å². The summed E-state index contributed by atoms with van der Waals surface area (Å²) in [5, 5.41) is 15.0. The molecule has 1 saturated carbocycles. The Morgan fingerprint density at radius 3 is 2.52 bits per heavy atom. The lowest BCUT2D eigenvalue weighted by atomic mass is 9.95. The topological polar surface area (TPSA) is 88.0 Å². The van der Waals surface area contributed by atoms with Crippen molar-refractivity contribution in [1.29, 1.82) is 0 Å². The summed E-state index contributed by atoms with van der Waals surface area (Å²) in [5.74, 6) is -0.153. The molecular weight excluding hydrogens is 342 g/mol. The number of amides is 1. The van der Waals surface area contributed by atoms with Gasteiger partial charge in [0.1, 0.15) is 5.69 Å². The lowest BCUT2D eigenvalue weighted by molar-refractivity contribution is -0.384. The number of hydrogen-bond acceptors (Lipinski definition) is 3. The molecule has 0 saturated heterocycles. The molecule has 1 heterocycles. The van der Waals surface area contributed by atoms with Gasteiger partial charge in [-0.25, -0.2) is 0 Å². The fourth-order valence-electron chi connectivity index (χ4n) is 3.87. The van der Waals surface area contributed by atoms with Crippen molar-refractivity contribution < 1.29 is 9.72 Å². The first-order valence-electron chi connectivity index (χ1n) is 9.30. The van der Waals surface area contributed by atoms with Crippen molar-refractivity contribution in [2.24, 2.45) is 0 Å². The molecule has 0 atom stereocenters. The maximum atomic E-state index is 13.0. The van der Waals surface area contributed by atoms with Crippen molar-refractivity contribution in [3.05, 3.63) is 64.3 Å². The highest BCUT2D eigenvalue weighted by Gasteiger charge is 2.23. The molecule has 1 aliphatic carbocycles. The van der Waals surface area contributed by atoms with Gasteiger partial charge in [-0.05, 0) is 24.5 Å². The SMILES string of the molecule is O=C(NC1CCCCC1)c1[nH]c2ccc([N+](=O)[O-])cc2c1-c1ccccc1.